The number of tetrazole rings is 1. The lowest BCUT2D eigenvalue weighted by molar-refractivity contribution is -0.136. The zero-order valence-electron chi connectivity index (χ0n) is 16.0. The number of carbonyl (C=O) groups is 1. The van der Waals surface area contributed by atoms with Crippen molar-refractivity contribution >= 4 is 22.5 Å². The number of benzene rings is 2. The molecule has 2 aromatic carbocycles. The number of pyridine rings is 1. The first-order valence-electron chi connectivity index (χ1n) is 9.56. The molecule has 7 nitrogen and oxygen atoms in total. The van der Waals surface area contributed by atoms with Gasteiger partial charge in [0.1, 0.15) is 0 Å². The van der Waals surface area contributed by atoms with Crippen LogP contribution in [0.4, 0.5) is 18.9 Å². The van der Waals surface area contributed by atoms with Crippen LogP contribution in [0.5, 0.6) is 0 Å². The standard InChI is InChI=1S/C21H15F3N6O/c22-21(23,24)18-15-6-1-2-7-17(15)25-11-16(18)20(31)26-13-5-3-4-12(10-13)19-27-28-29-30(19)14-8-9-14/h1-7,10-11,14H,8-9H2,(H,26,31). The highest BCUT2D eigenvalue weighted by atomic mass is 19.4. The minimum atomic E-state index is -4.72. The molecule has 1 N–H and O–H groups in total. The number of fused-ring (bicyclic) bond motifs is 1. The topological polar surface area (TPSA) is 85.6 Å². The summed E-state index contributed by atoms with van der Waals surface area (Å²) in [4.78, 5) is 16.8. The Kier molecular flexibility index (Phi) is 4.42. The zero-order valence-corrected chi connectivity index (χ0v) is 16.0. The van der Waals surface area contributed by atoms with Crippen molar-refractivity contribution in [2.24, 2.45) is 0 Å². The van der Waals surface area contributed by atoms with Crippen molar-refractivity contribution in [3.8, 4) is 11.4 Å². The normalized spacial score (nSPS) is 14.0. The third-order valence-corrected chi connectivity index (χ3v) is 5.07. The lowest BCUT2D eigenvalue weighted by atomic mass is 10.0. The van der Waals surface area contributed by atoms with Gasteiger partial charge in [0.05, 0.1) is 22.7 Å². The molecule has 0 radical (unpaired) electrons. The van der Waals surface area contributed by atoms with Gasteiger partial charge in [0.25, 0.3) is 5.91 Å². The molecule has 1 saturated carbocycles. The maximum atomic E-state index is 13.8. The van der Waals surface area contributed by atoms with E-state index >= 15 is 0 Å². The third-order valence-electron chi connectivity index (χ3n) is 5.07. The van der Waals surface area contributed by atoms with E-state index in [0.717, 1.165) is 19.0 Å². The van der Waals surface area contributed by atoms with Gasteiger partial charge in [-0.1, -0.05) is 30.3 Å². The summed E-state index contributed by atoms with van der Waals surface area (Å²) in [5.74, 6) is -0.355. The number of amides is 1. The van der Waals surface area contributed by atoms with E-state index in [2.05, 4.69) is 25.8 Å². The number of rotatable bonds is 4. The number of anilines is 1. The lowest BCUT2D eigenvalue weighted by Crippen LogP contribution is -2.19. The smallest absolute Gasteiger partial charge is 0.322 e. The summed E-state index contributed by atoms with van der Waals surface area (Å²) in [6.07, 6.45) is -1.78. The molecule has 0 aliphatic heterocycles. The summed E-state index contributed by atoms with van der Waals surface area (Å²) in [5.41, 5.74) is -0.402. The maximum Gasteiger partial charge on any atom is 0.417 e. The Labute approximate surface area is 173 Å². The summed E-state index contributed by atoms with van der Waals surface area (Å²) in [7, 11) is 0. The third kappa shape index (κ3) is 3.60. The van der Waals surface area contributed by atoms with Crippen LogP contribution in [0.1, 0.15) is 34.8 Å². The second-order valence-electron chi connectivity index (χ2n) is 7.27. The molecular formula is C21H15F3N6O. The fraction of sp³-hybridized carbons (Fsp3) is 0.190. The number of para-hydroxylation sites is 1. The van der Waals surface area contributed by atoms with E-state index in [-0.39, 0.29) is 16.9 Å². The molecule has 10 heteroatoms. The summed E-state index contributed by atoms with van der Waals surface area (Å²) >= 11 is 0. The van der Waals surface area contributed by atoms with Crippen molar-refractivity contribution in [3.63, 3.8) is 0 Å². The van der Waals surface area contributed by atoms with Gasteiger partial charge in [-0.25, -0.2) is 4.68 Å². The molecule has 0 atom stereocenters. The van der Waals surface area contributed by atoms with Crippen molar-refractivity contribution in [2.75, 3.05) is 5.32 Å². The molecule has 1 fully saturated rings. The van der Waals surface area contributed by atoms with Crippen LogP contribution in [0.2, 0.25) is 0 Å². The number of nitrogens with zero attached hydrogens (tertiary/aromatic N) is 5. The zero-order chi connectivity index (χ0) is 21.6. The summed E-state index contributed by atoms with van der Waals surface area (Å²) in [6, 6.07) is 12.8. The predicted octanol–water partition coefficient (Wildman–Crippen LogP) is 4.49. The number of carbonyl (C=O) groups excluding carboxylic acids is 1. The SMILES string of the molecule is O=C(Nc1cccc(-c2nnnn2C2CC2)c1)c1cnc2ccccc2c1C(F)(F)F. The monoisotopic (exact) mass is 424 g/mol. The molecule has 0 saturated heterocycles. The van der Waals surface area contributed by atoms with Crippen molar-refractivity contribution in [1.82, 2.24) is 25.2 Å². The van der Waals surface area contributed by atoms with Gasteiger partial charge in [0, 0.05) is 22.8 Å². The van der Waals surface area contributed by atoms with Gasteiger partial charge in [-0.3, -0.25) is 9.78 Å². The van der Waals surface area contributed by atoms with Gasteiger partial charge in [0.2, 0.25) is 0 Å². The van der Waals surface area contributed by atoms with Gasteiger partial charge < -0.3 is 5.32 Å². The minimum Gasteiger partial charge on any atom is -0.322 e. The first kappa shape index (κ1) is 19.2. The quantitative estimate of drug-likeness (QED) is 0.522. The van der Waals surface area contributed by atoms with E-state index < -0.39 is 23.2 Å². The molecule has 156 valence electrons. The molecule has 0 bridgehead atoms. The van der Waals surface area contributed by atoms with E-state index in [4.69, 9.17) is 0 Å². The first-order valence-corrected chi connectivity index (χ1v) is 9.56. The summed E-state index contributed by atoms with van der Waals surface area (Å²) in [5, 5.41) is 14.2. The molecule has 2 aromatic heterocycles. The van der Waals surface area contributed by atoms with Crippen LogP contribution >= 0.6 is 0 Å². The van der Waals surface area contributed by atoms with Crippen molar-refractivity contribution in [3.05, 3.63) is 65.9 Å². The van der Waals surface area contributed by atoms with E-state index in [1.165, 1.54) is 18.2 Å². The van der Waals surface area contributed by atoms with E-state index in [9.17, 15) is 18.0 Å². The lowest BCUT2D eigenvalue weighted by Gasteiger charge is -2.15. The van der Waals surface area contributed by atoms with E-state index in [1.807, 2.05) is 0 Å². The minimum absolute atomic E-state index is 0.125. The van der Waals surface area contributed by atoms with Crippen LogP contribution in [-0.4, -0.2) is 31.1 Å². The van der Waals surface area contributed by atoms with Crippen LogP contribution < -0.4 is 5.32 Å². The van der Waals surface area contributed by atoms with Crippen LogP contribution in [0.3, 0.4) is 0 Å². The molecule has 1 aliphatic carbocycles. The molecule has 0 spiro atoms. The molecule has 1 aliphatic rings. The second-order valence-corrected chi connectivity index (χ2v) is 7.27. The second kappa shape index (κ2) is 7.15. The largest absolute Gasteiger partial charge is 0.417 e. The Morgan fingerprint density at radius 2 is 1.90 bits per heavy atom. The highest BCUT2D eigenvalue weighted by Gasteiger charge is 2.37. The Bertz CT molecular complexity index is 1300. The van der Waals surface area contributed by atoms with E-state index in [1.54, 1.807) is 35.0 Å². The molecular weight excluding hydrogens is 409 g/mol. The van der Waals surface area contributed by atoms with Gasteiger partial charge in [0.15, 0.2) is 5.82 Å². The number of hydrogen-bond donors (Lipinski definition) is 1. The maximum absolute atomic E-state index is 13.8. The van der Waals surface area contributed by atoms with Crippen molar-refractivity contribution in [2.45, 2.75) is 25.1 Å². The Morgan fingerprint density at radius 3 is 2.68 bits per heavy atom. The molecule has 31 heavy (non-hydrogen) atoms. The Balaban J connectivity index is 1.50. The van der Waals surface area contributed by atoms with Gasteiger partial charge in [-0.05, 0) is 41.5 Å². The van der Waals surface area contributed by atoms with Gasteiger partial charge in [-0.15, -0.1) is 5.10 Å². The highest BCUT2D eigenvalue weighted by Crippen LogP contribution is 2.38. The predicted molar refractivity (Wildman–Crippen MR) is 106 cm³/mol. The van der Waals surface area contributed by atoms with Crippen LogP contribution in [0.15, 0.2) is 54.7 Å². The molecule has 4 aromatic rings. The molecule has 2 heterocycles. The number of hydrogen-bond acceptors (Lipinski definition) is 5. The molecule has 1 amide bonds. The number of halogens is 3. The average Bonchev–Trinajstić information content (AvgIpc) is 3.48. The first-order chi connectivity index (χ1) is 14.9. The fourth-order valence-corrected chi connectivity index (χ4v) is 3.50. The van der Waals surface area contributed by atoms with Crippen LogP contribution in [0, 0.1) is 0 Å². The van der Waals surface area contributed by atoms with Gasteiger partial charge >= 0.3 is 6.18 Å². The fourth-order valence-electron chi connectivity index (χ4n) is 3.50. The number of alkyl halides is 3. The molecule has 0 unspecified atom stereocenters. The Hall–Kier alpha value is -3.82. The highest BCUT2D eigenvalue weighted by molar-refractivity contribution is 6.08. The van der Waals surface area contributed by atoms with Crippen LogP contribution in [-0.2, 0) is 6.18 Å². The molecule has 5 rings (SSSR count). The number of nitrogens with one attached hydrogen (secondary N) is 1. The van der Waals surface area contributed by atoms with E-state index in [0.29, 0.717) is 17.1 Å². The Morgan fingerprint density at radius 1 is 1.10 bits per heavy atom. The van der Waals surface area contributed by atoms with Gasteiger partial charge in [-0.2, -0.15) is 13.2 Å². The number of aromatic nitrogens is 5. The van der Waals surface area contributed by atoms with Crippen molar-refractivity contribution in [1.29, 1.82) is 0 Å². The van der Waals surface area contributed by atoms with Crippen LogP contribution in [0.25, 0.3) is 22.3 Å². The van der Waals surface area contributed by atoms with Crippen molar-refractivity contribution < 1.29 is 18.0 Å². The summed E-state index contributed by atoms with van der Waals surface area (Å²) in [6.45, 7) is 0. The summed E-state index contributed by atoms with van der Waals surface area (Å²) < 4.78 is 43.2. The average molecular weight is 424 g/mol.